The zero-order valence-corrected chi connectivity index (χ0v) is 9.95. The molecule has 0 bridgehead atoms. The van der Waals surface area contributed by atoms with Crippen LogP contribution < -0.4 is 10.5 Å². The van der Waals surface area contributed by atoms with Crippen LogP contribution in [0.25, 0.3) is 0 Å². The predicted molar refractivity (Wildman–Crippen MR) is 65.8 cm³/mol. The minimum Gasteiger partial charge on any atom is -0.491 e. The SMILES string of the molecule is COCCOc1ccc(CCCCN)cc1. The molecule has 90 valence electrons. The number of methoxy groups -OCH3 is 1. The first-order valence-corrected chi connectivity index (χ1v) is 5.77. The van der Waals surface area contributed by atoms with Gasteiger partial charge in [-0.2, -0.15) is 0 Å². The Morgan fingerprint density at radius 2 is 1.81 bits per heavy atom. The van der Waals surface area contributed by atoms with E-state index in [0.717, 1.165) is 31.6 Å². The summed E-state index contributed by atoms with van der Waals surface area (Å²) in [6.07, 6.45) is 3.34. The molecule has 0 fully saturated rings. The van der Waals surface area contributed by atoms with Crippen LogP contribution in [0.4, 0.5) is 0 Å². The highest BCUT2D eigenvalue weighted by molar-refractivity contribution is 5.27. The van der Waals surface area contributed by atoms with Gasteiger partial charge in [0.25, 0.3) is 0 Å². The molecule has 3 nitrogen and oxygen atoms in total. The van der Waals surface area contributed by atoms with E-state index in [2.05, 4.69) is 12.1 Å². The summed E-state index contributed by atoms with van der Waals surface area (Å²) in [5, 5.41) is 0. The second-order valence-corrected chi connectivity index (χ2v) is 3.73. The first-order chi connectivity index (χ1) is 7.86. The molecule has 0 aliphatic rings. The molecule has 0 saturated heterocycles. The normalized spacial score (nSPS) is 10.4. The Morgan fingerprint density at radius 1 is 1.06 bits per heavy atom. The molecule has 0 heterocycles. The van der Waals surface area contributed by atoms with Gasteiger partial charge in [0.05, 0.1) is 6.61 Å². The number of nitrogens with two attached hydrogens (primary N) is 1. The Balaban J connectivity index is 2.30. The fourth-order valence-corrected chi connectivity index (χ4v) is 1.47. The summed E-state index contributed by atoms with van der Waals surface area (Å²) < 4.78 is 10.4. The van der Waals surface area contributed by atoms with Gasteiger partial charge in [0.2, 0.25) is 0 Å². The second-order valence-electron chi connectivity index (χ2n) is 3.73. The lowest BCUT2D eigenvalue weighted by Crippen LogP contribution is -2.04. The highest BCUT2D eigenvalue weighted by Crippen LogP contribution is 2.13. The summed E-state index contributed by atoms with van der Waals surface area (Å²) >= 11 is 0. The van der Waals surface area contributed by atoms with Crippen LogP contribution >= 0.6 is 0 Å². The number of benzene rings is 1. The maximum atomic E-state index is 5.48. The largest absolute Gasteiger partial charge is 0.491 e. The third-order valence-electron chi connectivity index (χ3n) is 2.40. The highest BCUT2D eigenvalue weighted by Gasteiger charge is 1.95. The Morgan fingerprint density at radius 3 is 2.44 bits per heavy atom. The van der Waals surface area contributed by atoms with E-state index in [-0.39, 0.29) is 0 Å². The number of unbranched alkanes of at least 4 members (excludes halogenated alkanes) is 1. The Hall–Kier alpha value is -1.06. The molecule has 0 atom stereocenters. The van der Waals surface area contributed by atoms with Crippen molar-refractivity contribution in [2.45, 2.75) is 19.3 Å². The van der Waals surface area contributed by atoms with Gasteiger partial charge in [-0.3, -0.25) is 0 Å². The zero-order valence-electron chi connectivity index (χ0n) is 9.95. The first kappa shape index (κ1) is 13.0. The number of ether oxygens (including phenoxy) is 2. The lowest BCUT2D eigenvalue weighted by atomic mass is 10.1. The number of aryl methyl sites for hydroxylation is 1. The number of hydrogen-bond donors (Lipinski definition) is 1. The van der Waals surface area contributed by atoms with E-state index >= 15 is 0 Å². The molecule has 0 saturated carbocycles. The number of rotatable bonds is 8. The van der Waals surface area contributed by atoms with Crippen molar-refractivity contribution in [1.82, 2.24) is 0 Å². The van der Waals surface area contributed by atoms with Crippen LogP contribution in [-0.2, 0) is 11.2 Å². The third kappa shape index (κ3) is 5.14. The summed E-state index contributed by atoms with van der Waals surface area (Å²) in [5.74, 6) is 0.902. The molecule has 0 radical (unpaired) electrons. The van der Waals surface area contributed by atoms with Gasteiger partial charge in [0, 0.05) is 7.11 Å². The van der Waals surface area contributed by atoms with Crippen molar-refractivity contribution in [3.8, 4) is 5.75 Å². The average molecular weight is 223 g/mol. The Bertz CT molecular complexity index is 243. The van der Waals surface area contributed by atoms with Crippen molar-refractivity contribution in [2.24, 2.45) is 5.73 Å². The van der Waals surface area contributed by atoms with Crippen LogP contribution in [0.1, 0.15) is 18.4 Å². The maximum absolute atomic E-state index is 5.48. The van der Waals surface area contributed by atoms with Crippen molar-refractivity contribution < 1.29 is 9.47 Å². The van der Waals surface area contributed by atoms with Crippen LogP contribution in [0.15, 0.2) is 24.3 Å². The van der Waals surface area contributed by atoms with Crippen molar-refractivity contribution in [3.05, 3.63) is 29.8 Å². The van der Waals surface area contributed by atoms with Crippen LogP contribution in [0.2, 0.25) is 0 Å². The highest BCUT2D eigenvalue weighted by atomic mass is 16.5. The minimum atomic E-state index is 0.600. The van der Waals surface area contributed by atoms with Crippen LogP contribution in [0.5, 0.6) is 5.75 Å². The molecular formula is C13H21NO2. The van der Waals surface area contributed by atoms with E-state index in [0.29, 0.717) is 13.2 Å². The molecular weight excluding hydrogens is 202 g/mol. The molecule has 0 aliphatic heterocycles. The van der Waals surface area contributed by atoms with E-state index < -0.39 is 0 Å². The molecule has 0 amide bonds. The molecule has 0 aliphatic carbocycles. The van der Waals surface area contributed by atoms with E-state index in [1.54, 1.807) is 7.11 Å². The lowest BCUT2D eigenvalue weighted by Gasteiger charge is -2.06. The maximum Gasteiger partial charge on any atom is 0.119 e. The quantitative estimate of drug-likeness (QED) is 0.685. The molecule has 3 heteroatoms. The summed E-state index contributed by atoms with van der Waals surface area (Å²) in [5.41, 5.74) is 6.79. The molecule has 16 heavy (non-hydrogen) atoms. The fourth-order valence-electron chi connectivity index (χ4n) is 1.47. The topological polar surface area (TPSA) is 44.5 Å². The molecule has 1 aromatic rings. The smallest absolute Gasteiger partial charge is 0.119 e. The van der Waals surface area contributed by atoms with Gasteiger partial charge in [-0.25, -0.2) is 0 Å². The van der Waals surface area contributed by atoms with Gasteiger partial charge < -0.3 is 15.2 Å². The second kappa shape index (κ2) is 8.13. The minimum absolute atomic E-state index is 0.600. The molecule has 0 spiro atoms. The first-order valence-electron chi connectivity index (χ1n) is 5.77. The van der Waals surface area contributed by atoms with Gasteiger partial charge in [0.15, 0.2) is 0 Å². The van der Waals surface area contributed by atoms with Crippen molar-refractivity contribution in [3.63, 3.8) is 0 Å². The molecule has 0 unspecified atom stereocenters. The molecule has 2 N–H and O–H groups in total. The van der Waals surface area contributed by atoms with Gasteiger partial charge >= 0.3 is 0 Å². The average Bonchev–Trinajstić information content (AvgIpc) is 2.32. The monoisotopic (exact) mass is 223 g/mol. The Labute approximate surface area is 97.6 Å². The van der Waals surface area contributed by atoms with E-state index in [1.807, 2.05) is 12.1 Å². The predicted octanol–water partition coefficient (Wildman–Crippen LogP) is 1.99. The van der Waals surface area contributed by atoms with Gasteiger partial charge in [0.1, 0.15) is 12.4 Å². The van der Waals surface area contributed by atoms with Crippen LogP contribution in [0, 0.1) is 0 Å². The van der Waals surface area contributed by atoms with Crippen molar-refractivity contribution in [2.75, 3.05) is 26.9 Å². The van der Waals surface area contributed by atoms with Crippen molar-refractivity contribution in [1.29, 1.82) is 0 Å². The van der Waals surface area contributed by atoms with E-state index in [4.69, 9.17) is 15.2 Å². The molecule has 1 aromatic carbocycles. The molecule has 0 aromatic heterocycles. The van der Waals surface area contributed by atoms with Crippen LogP contribution in [0.3, 0.4) is 0 Å². The lowest BCUT2D eigenvalue weighted by molar-refractivity contribution is 0.146. The van der Waals surface area contributed by atoms with Crippen molar-refractivity contribution >= 4 is 0 Å². The van der Waals surface area contributed by atoms with E-state index in [9.17, 15) is 0 Å². The summed E-state index contributed by atoms with van der Waals surface area (Å²) in [4.78, 5) is 0. The van der Waals surface area contributed by atoms with Gasteiger partial charge in [-0.05, 0) is 43.5 Å². The summed E-state index contributed by atoms with van der Waals surface area (Å²) in [7, 11) is 1.67. The standard InChI is InChI=1S/C13H21NO2/c1-15-10-11-16-13-7-5-12(6-8-13)4-2-3-9-14/h5-8H,2-4,9-11,14H2,1H3. The summed E-state index contributed by atoms with van der Waals surface area (Å²) in [6.45, 7) is 2.00. The van der Waals surface area contributed by atoms with Crippen LogP contribution in [-0.4, -0.2) is 26.9 Å². The zero-order chi connectivity index (χ0) is 11.6. The third-order valence-corrected chi connectivity index (χ3v) is 2.40. The van der Waals surface area contributed by atoms with Gasteiger partial charge in [-0.15, -0.1) is 0 Å². The molecule has 1 rings (SSSR count). The van der Waals surface area contributed by atoms with Gasteiger partial charge in [-0.1, -0.05) is 12.1 Å². The summed E-state index contributed by atoms with van der Waals surface area (Å²) in [6, 6.07) is 8.23. The fraction of sp³-hybridized carbons (Fsp3) is 0.538. The Kier molecular flexibility index (Phi) is 6.61. The number of hydrogen-bond acceptors (Lipinski definition) is 3. The van der Waals surface area contributed by atoms with E-state index in [1.165, 1.54) is 5.56 Å².